The molecule has 10 heteroatoms. The van der Waals surface area contributed by atoms with Crippen molar-refractivity contribution < 1.29 is 31.8 Å². The summed E-state index contributed by atoms with van der Waals surface area (Å²) >= 11 is 0. The van der Waals surface area contributed by atoms with Crippen molar-refractivity contribution in [2.45, 2.75) is 17.9 Å². The van der Waals surface area contributed by atoms with Gasteiger partial charge in [0.05, 0.1) is 9.82 Å². The Balaban J connectivity index is 1.76. The van der Waals surface area contributed by atoms with Gasteiger partial charge in [0, 0.05) is 6.07 Å². The third-order valence-electron chi connectivity index (χ3n) is 3.88. The number of aryl methyl sites for hydroxylation is 1. The first-order valence-electron chi connectivity index (χ1n) is 7.84. The van der Waals surface area contributed by atoms with Crippen molar-refractivity contribution in [3.05, 3.63) is 57.6 Å². The summed E-state index contributed by atoms with van der Waals surface area (Å²) < 4.78 is 40.4. The van der Waals surface area contributed by atoms with E-state index in [9.17, 15) is 23.3 Å². The lowest BCUT2D eigenvalue weighted by atomic mass is 10.1. The molecule has 0 bridgehead atoms. The molecule has 0 fully saturated rings. The molecule has 2 aromatic carbocycles. The molecule has 142 valence electrons. The number of carbonyl (C=O) groups excluding carboxylic acids is 1. The van der Waals surface area contributed by atoms with Gasteiger partial charge in [-0.25, -0.2) is 0 Å². The van der Waals surface area contributed by atoms with Crippen LogP contribution in [-0.2, 0) is 14.3 Å². The molecule has 0 spiro atoms. The number of hydrogen-bond donors (Lipinski definition) is 0. The van der Waals surface area contributed by atoms with Gasteiger partial charge in [-0.15, -0.1) is 0 Å². The molecular weight excluding hydrogens is 378 g/mol. The van der Waals surface area contributed by atoms with Crippen LogP contribution >= 0.6 is 0 Å². The van der Waals surface area contributed by atoms with Gasteiger partial charge in [0.15, 0.2) is 23.9 Å². The molecule has 0 aromatic heterocycles. The molecule has 1 aliphatic rings. The molecule has 0 amide bonds. The van der Waals surface area contributed by atoms with Gasteiger partial charge < -0.3 is 9.47 Å². The molecule has 27 heavy (non-hydrogen) atoms. The number of aldehydes is 1. The minimum atomic E-state index is -4.00. The predicted octanol–water partition coefficient (Wildman–Crippen LogP) is 2.26. The summed E-state index contributed by atoms with van der Waals surface area (Å²) in [5, 5.41) is 11.0. The van der Waals surface area contributed by atoms with E-state index in [2.05, 4.69) is 0 Å². The number of nitrogens with zero attached hydrogens (tertiary/aromatic N) is 1. The largest absolute Gasteiger partial charge is 0.486 e. The van der Waals surface area contributed by atoms with Crippen LogP contribution in [0.15, 0.2) is 41.3 Å². The number of nitro groups is 1. The molecular formula is C17H15NO8S. The van der Waals surface area contributed by atoms with Gasteiger partial charge in [0.1, 0.15) is 18.8 Å². The van der Waals surface area contributed by atoms with Crippen molar-refractivity contribution in [2.24, 2.45) is 0 Å². The van der Waals surface area contributed by atoms with E-state index in [4.69, 9.17) is 13.7 Å². The molecule has 0 saturated carbocycles. The fraction of sp³-hybridized carbons (Fsp3) is 0.235. The maximum Gasteiger partial charge on any atom is 0.297 e. The molecule has 1 heterocycles. The zero-order valence-electron chi connectivity index (χ0n) is 14.2. The number of ether oxygens (including phenoxy) is 2. The van der Waals surface area contributed by atoms with Crippen LogP contribution in [0, 0.1) is 17.0 Å². The van der Waals surface area contributed by atoms with Crippen LogP contribution in [0.25, 0.3) is 0 Å². The normalized spacial score (nSPS) is 16.0. The summed E-state index contributed by atoms with van der Waals surface area (Å²) in [6.07, 6.45) is -0.564. The SMILES string of the molecule is Cc1ccc(S(=O)(=O)OCC2COc3ccc([N+](=O)[O-])c(C=O)c3O2)cc1. The Kier molecular flexibility index (Phi) is 5.10. The van der Waals surface area contributed by atoms with Crippen molar-refractivity contribution in [1.82, 2.24) is 0 Å². The van der Waals surface area contributed by atoms with Crippen molar-refractivity contribution in [2.75, 3.05) is 13.2 Å². The van der Waals surface area contributed by atoms with Gasteiger partial charge in [-0.2, -0.15) is 8.42 Å². The summed E-state index contributed by atoms with van der Waals surface area (Å²) in [7, 11) is -4.00. The fourth-order valence-electron chi connectivity index (χ4n) is 2.48. The number of carbonyl (C=O) groups is 1. The predicted molar refractivity (Wildman–Crippen MR) is 92.7 cm³/mol. The average molecular weight is 393 g/mol. The third-order valence-corrected chi connectivity index (χ3v) is 5.18. The Morgan fingerprint density at radius 3 is 2.59 bits per heavy atom. The summed E-state index contributed by atoms with van der Waals surface area (Å²) in [6.45, 7) is 1.41. The van der Waals surface area contributed by atoms with Crippen molar-refractivity contribution in [3.8, 4) is 11.5 Å². The highest BCUT2D eigenvalue weighted by atomic mass is 32.2. The second kappa shape index (κ2) is 7.33. The minimum Gasteiger partial charge on any atom is -0.486 e. The molecule has 1 aliphatic heterocycles. The van der Waals surface area contributed by atoms with Crippen LogP contribution in [-0.4, -0.2) is 38.9 Å². The summed E-state index contributed by atoms with van der Waals surface area (Å²) in [6, 6.07) is 8.59. The maximum absolute atomic E-state index is 12.2. The average Bonchev–Trinajstić information content (AvgIpc) is 2.65. The number of hydrogen-bond acceptors (Lipinski definition) is 8. The van der Waals surface area contributed by atoms with E-state index in [0.29, 0.717) is 6.29 Å². The highest BCUT2D eigenvalue weighted by Crippen LogP contribution is 2.39. The first kappa shape index (κ1) is 18.8. The molecule has 2 aromatic rings. The van der Waals surface area contributed by atoms with E-state index in [0.717, 1.165) is 11.6 Å². The first-order valence-corrected chi connectivity index (χ1v) is 9.25. The van der Waals surface area contributed by atoms with Crippen LogP contribution in [0.4, 0.5) is 5.69 Å². The van der Waals surface area contributed by atoms with E-state index >= 15 is 0 Å². The second-order valence-electron chi connectivity index (χ2n) is 5.80. The van der Waals surface area contributed by atoms with E-state index in [1.54, 1.807) is 12.1 Å². The van der Waals surface area contributed by atoms with Crippen LogP contribution in [0.1, 0.15) is 15.9 Å². The minimum absolute atomic E-state index is 0.00514. The van der Waals surface area contributed by atoms with E-state index < -0.39 is 26.8 Å². The Labute approximate surface area is 154 Å². The van der Waals surface area contributed by atoms with Crippen LogP contribution in [0.2, 0.25) is 0 Å². The highest BCUT2D eigenvalue weighted by Gasteiger charge is 2.30. The highest BCUT2D eigenvalue weighted by molar-refractivity contribution is 7.86. The second-order valence-corrected chi connectivity index (χ2v) is 7.42. The van der Waals surface area contributed by atoms with Crippen LogP contribution in [0.5, 0.6) is 11.5 Å². The molecule has 0 radical (unpaired) electrons. The Morgan fingerprint density at radius 2 is 1.96 bits per heavy atom. The Bertz CT molecular complexity index is 985. The van der Waals surface area contributed by atoms with Gasteiger partial charge >= 0.3 is 0 Å². The summed E-state index contributed by atoms with van der Waals surface area (Å²) in [4.78, 5) is 21.6. The number of benzene rings is 2. The van der Waals surface area contributed by atoms with Crippen LogP contribution < -0.4 is 9.47 Å². The van der Waals surface area contributed by atoms with E-state index in [1.807, 2.05) is 6.92 Å². The number of fused-ring (bicyclic) bond motifs is 1. The van der Waals surface area contributed by atoms with E-state index in [1.165, 1.54) is 18.2 Å². The molecule has 9 nitrogen and oxygen atoms in total. The van der Waals surface area contributed by atoms with Crippen molar-refractivity contribution >= 4 is 22.1 Å². The number of nitro benzene ring substituents is 1. The third kappa shape index (κ3) is 3.91. The molecule has 0 aliphatic carbocycles. The standard InChI is InChI=1S/C17H15NO8S/c1-11-2-4-13(5-3-11)27(22,23)25-10-12-9-24-16-7-6-15(18(20)21)14(8-19)17(16)26-12/h2-8,12H,9-10H2,1H3. The summed E-state index contributed by atoms with van der Waals surface area (Å²) in [5.74, 6) is 0.0622. The number of rotatable bonds is 6. The lowest BCUT2D eigenvalue weighted by Crippen LogP contribution is -2.34. The summed E-state index contributed by atoms with van der Waals surface area (Å²) in [5.41, 5.74) is 0.197. The quantitative estimate of drug-likeness (QED) is 0.317. The Morgan fingerprint density at radius 1 is 1.26 bits per heavy atom. The van der Waals surface area contributed by atoms with Crippen LogP contribution in [0.3, 0.4) is 0 Å². The lowest BCUT2D eigenvalue weighted by Gasteiger charge is -2.26. The maximum atomic E-state index is 12.2. The van der Waals surface area contributed by atoms with Gasteiger partial charge in [-0.1, -0.05) is 17.7 Å². The van der Waals surface area contributed by atoms with Gasteiger partial charge in [-0.05, 0) is 25.1 Å². The lowest BCUT2D eigenvalue weighted by molar-refractivity contribution is -0.385. The van der Waals surface area contributed by atoms with Gasteiger partial charge in [-0.3, -0.25) is 19.1 Å². The smallest absolute Gasteiger partial charge is 0.297 e. The topological polar surface area (TPSA) is 122 Å². The van der Waals surface area contributed by atoms with E-state index in [-0.39, 0.29) is 35.2 Å². The molecule has 1 unspecified atom stereocenters. The molecule has 0 saturated heterocycles. The first-order chi connectivity index (χ1) is 12.8. The zero-order valence-corrected chi connectivity index (χ0v) is 15.0. The molecule has 3 rings (SSSR count). The molecule has 1 atom stereocenters. The van der Waals surface area contributed by atoms with Crippen molar-refractivity contribution in [1.29, 1.82) is 0 Å². The molecule has 0 N–H and O–H groups in total. The van der Waals surface area contributed by atoms with Crippen molar-refractivity contribution in [3.63, 3.8) is 0 Å². The zero-order chi connectivity index (χ0) is 19.6. The van der Waals surface area contributed by atoms with Gasteiger partial charge in [0.25, 0.3) is 15.8 Å². The monoisotopic (exact) mass is 393 g/mol. The fourth-order valence-corrected chi connectivity index (χ4v) is 3.42. The van der Waals surface area contributed by atoms with Gasteiger partial charge in [0.2, 0.25) is 0 Å². The Hall–Kier alpha value is -2.98.